The number of nitrogens with zero attached hydrogens (tertiary/aromatic N) is 3. The summed E-state index contributed by atoms with van der Waals surface area (Å²) in [4.78, 5) is 9.63. The predicted molar refractivity (Wildman–Crippen MR) is 294 cm³/mol. The summed E-state index contributed by atoms with van der Waals surface area (Å²) in [5, 5.41) is 12.4. The van der Waals surface area contributed by atoms with Crippen LogP contribution < -0.4 is 0 Å². The minimum atomic E-state index is -3.95. The fraction of sp³-hybridized carbons (Fsp3) is 0.354. The molecule has 8 aromatic rings. The van der Waals surface area contributed by atoms with Crippen LogP contribution in [0.1, 0.15) is 187 Å². The van der Waals surface area contributed by atoms with Crippen molar-refractivity contribution in [1.82, 2.24) is 14.5 Å². The summed E-state index contributed by atoms with van der Waals surface area (Å²) in [5.74, 6) is 0.0571. The minimum Gasteiger partial charge on any atom is -0.507 e. The van der Waals surface area contributed by atoms with Gasteiger partial charge in [-0.3, -0.25) is 9.55 Å². The van der Waals surface area contributed by atoms with Crippen LogP contribution in [0.4, 0.5) is 0 Å². The van der Waals surface area contributed by atoms with E-state index in [9.17, 15) is 10.6 Å². The van der Waals surface area contributed by atoms with Gasteiger partial charge >= 0.3 is 0 Å². The quantitative estimate of drug-likeness (QED) is 0.110. The maximum Gasteiger partial charge on any atom is 0.148 e. The topological polar surface area (TPSA) is 50.9 Å². The summed E-state index contributed by atoms with van der Waals surface area (Å²) >= 11 is 0. The molecule has 70 heavy (non-hydrogen) atoms. The largest absolute Gasteiger partial charge is 0.507 e. The maximum absolute atomic E-state index is 12.4. The third-order valence-corrected chi connectivity index (χ3v) is 14.6. The molecule has 0 aliphatic heterocycles. The van der Waals surface area contributed by atoms with Crippen LogP contribution in [-0.2, 0) is 37.3 Å². The molecule has 366 valence electrons. The molecule has 0 fully saturated rings. The molecule has 0 spiro atoms. The first-order valence-electron chi connectivity index (χ1n) is 33.5. The molecule has 0 atom stereocenters. The summed E-state index contributed by atoms with van der Waals surface area (Å²) in [6, 6.07) is 22.7. The summed E-state index contributed by atoms with van der Waals surface area (Å²) < 4.78 is 168. The number of para-hydroxylation sites is 1. The third-order valence-electron chi connectivity index (χ3n) is 14.6. The Balaban J connectivity index is 0.0000113. The molecule has 0 aliphatic rings. The van der Waals surface area contributed by atoms with Crippen molar-refractivity contribution in [2.24, 2.45) is 0 Å². The van der Waals surface area contributed by atoms with Crippen LogP contribution in [-0.4, -0.2) is 19.6 Å². The van der Waals surface area contributed by atoms with Gasteiger partial charge in [-0.2, -0.15) is 0 Å². The molecule has 0 amide bonds. The molecule has 0 aliphatic carbocycles. The van der Waals surface area contributed by atoms with Gasteiger partial charge in [0.2, 0.25) is 0 Å². The molecule has 2 aromatic heterocycles. The maximum atomic E-state index is 12.4. The van der Waals surface area contributed by atoms with Crippen molar-refractivity contribution < 1.29 is 52.2 Å². The average molecular weight is 1130 g/mol. The third kappa shape index (κ3) is 9.75. The Labute approximate surface area is 461 Å². The summed E-state index contributed by atoms with van der Waals surface area (Å²) in [7, 11) is 0. The predicted octanol–water partition coefficient (Wildman–Crippen LogP) is 18.3. The molecule has 0 saturated carbocycles. The fourth-order valence-corrected chi connectivity index (χ4v) is 9.34. The summed E-state index contributed by atoms with van der Waals surface area (Å²) in [5.41, 5.74) is 0.222. The second-order valence-corrected chi connectivity index (χ2v) is 19.4. The number of pyridine rings is 1. The molecule has 0 saturated heterocycles. The van der Waals surface area contributed by atoms with E-state index in [-0.39, 0.29) is 77.8 Å². The standard InChI is InChI=1S/C65H74N3O.Pt/c1-15-64(13,16-2)54-25-21-26-55(65(14,17-3)18-4)59(54)48-30-33-57(43(9)36-48)68-58-27-20-24-51(60(58)67-62(68)53-39-49(41(5)6)38-52(42(7)8)61(53)69)46-22-19-23-47(37-46)56-40-45(34-35-66-56)44-28-31-50(32-29-44)63(10,11)12;/h19-36,38-42,69H,15-18H2,1-14H3;/q-1;/i9D3,10D3,11D3,12D3,28D,29D,31D,32D,34D,35D,40D;. The molecule has 0 radical (unpaired) electrons. The van der Waals surface area contributed by atoms with E-state index in [0.29, 0.717) is 33.3 Å². The number of hydrogen-bond donors (Lipinski definition) is 1. The Kier molecular flexibility index (Phi) is 9.56. The van der Waals surface area contributed by atoms with Crippen molar-refractivity contribution in [2.45, 2.75) is 150 Å². The monoisotopic (exact) mass is 1130 g/mol. The van der Waals surface area contributed by atoms with E-state index in [0.717, 1.165) is 53.5 Å². The number of rotatable bonds is 14. The van der Waals surface area contributed by atoms with Gasteiger partial charge < -0.3 is 5.11 Å². The molecular formula is C65H74N3OPt-. The zero-order valence-electron chi connectivity index (χ0n) is 60.7. The number of aryl methyl sites for hydroxylation is 1. The van der Waals surface area contributed by atoms with E-state index in [1.165, 1.54) is 6.07 Å². The van der Waals surface area contributed by atoms with Crippen LogP contribution in [0.25, 0.3) is 72.7 Å². The molecule has 0 bridgehead atoms. The molecule has 6 aromatic carbocycles. The molecule has 5 heteroatoms. The number of imidazole rings is 1. The first-order chi connectivity index (χ1) is 40.7. The van der Waals surface area contributed by atoms with Gasteiger partial charge in [-0.1, -0.05) is 174 Å². The van der Waals surface area contributed by atoms with Gasteiger partial charge in [0.25, 0.3) is 0 Å². The van der Waals surface area contributed by atoms with E-state index in [2.05, 4.69) is 70.8 Å². The normalized spacial score (nSPS) is 16.9. The number of phenolic OH excluding ortho intramolecular Hbond substituents is 1. The van der Waals surface area contributed by atoms with Crippen molar-refractivity contribution in [2.75, 3.05) is 0 Å². The minimum absolute atomic E-state index is 0. The van der Waals surface area contributed by atoms with Gasteiger partial charge in [0, 0.05) is 49.4 Å². The zero-order chi connectivity index (χ0) is 65.7. The van der Waals surface area contributed by atoms with Crippen molar-refractivity contribution in [3.8, 4) is 67.5 Å². The summed E-state index contributed by atoms with van der Waals surface area (Å²) in [6.45, 7) is 6.68. The average Bonchev–Trinajstić information content (AvgIpc) is 1.33. The molecule has 2 heterocycles. The molecular weight excluding hydrogens is 1030 g/mol. The Morgan fingerprint density at radius 3 is 1.96 bits per heavy atom. The van der Waals surface area contributed by atoms with Crippen molar-refractivity contribution in [1.29, 1.82) is 0 Å². The second-order valence-electron chi connectivity index (χ2n) is 19.4. The van der Waals surface area contributed by atoms with E-state index < -0.39 is 91.9 Å². The Morgan fingerprint density at radius 1 is 0.700 bits per heavy atom. The van der Waals surface area contributed by atoms with Crippen LogP contribution in [0, 0.1) is 12.9 Å². The Morgan fingerprint density at radius 2 is 1.34 bits per heavy atom. The van der Waals surface area contributed by atoms with Gasteiger partial charge in [0.15, 0.2) is 0 Å². The van der Waals surface area contributed by atoms with Gasteiger partial charge in [-0.05, 0) is 147 Å². The number of aromatic nitrogens is 3. The van der Waals surface area contributed by atoms with Crippen molar-refractivity contribution in [3.63, 3.8) is 0 Å². The fourth-order valence-electron chi connectivity index (χ4n) is 9.34. The first-order valence-corrected chi connectivity index (χ1v) is 24.0. The van der Waals surface area contributed by atoms with Crippen LogP contribution in [0.15, 0.2) is 127 Å². The molecule has 0 unspecified atom stereocenters. The number of aromatic hydroxyl groups is 1. The van der Waals surface area contributed by atoms with Crippen LogP contribution in [0.2, 0.25) is 0 Å². The first kappa shape index (κ1) is 32.4. The molecule has 8 rings (SSSR count). The number of phenols is 1. The van der Waals surface area contributed by atoms with Gasteiger partial charge in [-0.25, -0.2) is 4.98 Å². The van der Waals surface area contributed by atoms with Gasteiger partial charge in [0.05, 0.1) is 31.9 Å². The second kappa shape index (κ2) is 20.6. The van der Waals surface area contributed by atoms with E-state index >= 15 is 0 Å². The van der Waals surface area contributed by atoms with Crippen LogP contribution in [0.5, 0.6) is 5.75 Å². The Bertz CT molecular complexity index is 3920. The van der Waals surface area contributed by atoms with Crippen molar-refractivity contribution >= 4 is 11.0 Å². The van der Waals surface area contributed by atoms with Crippen LogP contribution >= 0.6 is 0 Å². The van der Waals surface area contributed by atoms with E-state index in [1.54, 1.807) is 41.0 Å². The van der Waals surface area contributed by atoms with Crippen molar-refractivity contribution in [3.05, 3.63) is 167 Å². The number of benzene rings is 6. The van der Waals surface area contributed by atoms with Gasteiger partial charge in [0.1, 0.15) is 11.6 Å². The van der Waals surface area contributed by atoms with Crippen LogP contribution in [0.3, 0.4) is 0 Å². The summed E-state index contributed by atoms with van der Waals surface area (Å²) in [6.07, 6.45) is 2.58. The SMILES string of the molecule is [2H]c1nc(-c2[c-]c(-c3cccc4c3nc(-c3cc(C(C)C)cc(C(C)C)c3O)n4-c3ccc(-c4c(C(C)(CC)CC)cccc4C(C)(CC)CC)cc3C([2H])([2H])[2H])ccc2)c([2H])c(-c2c([2H])c([2H])c(C(C([2H])([2H])[2H])(C([2H])([2H])[2H])C([2H])([2H])[2H])c([2H])c2[2H])c1[2H].[Pt]. The molecule has 1 N–H and O–H groups in total. The number of hydrogen-bond acceptors (Lipinski definition) is 3. The zero-order valence-corrected chi connectivity index (χ0v) is 43.9. The number of fused-ring (bicyclic) bond motifs is 1. The van der Waals surface area contributed by atoms with E-state index in [4.69, 9.17) is 25.5 Å². The smallest absolute Gasteiger partial charge is 0.148 e. The Hall–Kier alpha value is -5.57. The van der Waals surface area contributed by atoms with Gasteiger partial charge in [-0.15, -0.1) is 29.8 Å². The molecule has 4 nitrogen and oxygen atoms in total. The van der Waals surface area contributed by atoms with E-state index in [1.807, 2.05) is 52.0 Å².